The predicted molar refractivity (Wildman–Crippen MR) is 79.2 cm³/mol. The van der Waals surface area contributed by atoms with Crippen molar-refractivity contribution in [3.8, 4) is 0 Å². The molecule has 2 aliphatic rings. The third-order valence-corrected chi connectivity index (χ3v) is 6.35. The van der Waals surface area contributed by atoms with E-state index in [4.69, 9.17) is 0 Å². The van der Waals surface area contributed by atoms with Crippen LogP contribution in [-0.2, 0) is 50.1 Å². The Bertz CT molecular complexity index is 695. The fraction of sp³-hybridized carbons (Fsp3) is 0.263. The number of aryl methyl sites for hydroxylation is 1. The first-order valence-corrected chi connectivity index (χ1v) is 9.24. The summed E-state index contributed by atoms with van der Waals surface area (Å²) in [6.45, 7) is 0. The van der Waals surface area contributed by atoms with E-state index in [1.807, 2.05) is 0 Å². The normalized spacial score (nSPS) is 16.4. The summed E-state index contributed by atoms with van der Waals surface area (Å²) in [5.41, 5.74) is 9.66. The zero-order valence-electron chi connectivity index (χ0n) is 11.6. The summed E-state index contributed by atoms with van der Waals surface area (Å²) in [7, 11) is 0. The van der Waals surface area contributed by atoms with Gasteiger partial charge in [-0.25, -0.2) is 0 Å². The molecular weight excluding hydrogens is 407 g/mol. The van der Waals surface area contributed by atoms with Gasteiger partial charge in [0.2, 0.25) is 0 Å². The Balaban J connectivity index is 1.79. The molecule has 0 N–H and O–H groups in total. The molecule has 2 aromatic rings. The van der Waals surface area contributed by atoms with E-state index in [1.165, 1.54) is 55.6 Å². The predicted octanol–water partition coefficient (Wildman–Crippen LogP) is 4.23. The van der Waals surface area contributed by atoms with E-state index in [-0.39, 0.29) is 0 Å². The number of hydrogen-bond donors (Lipinski definition) is 0. The SMILES string of the molecule is [Hf][C]1=C(Cc2ccccc2)c2c(ccc3c2CCC3)C1. The van der Waals surface area contributed by atoms with E-state index < -0.39 is 0 Å². The Morgan fingerprint density at radius 2 is 1.70 bits per heavy atom. The Hall–Kier alpha value is -0.950. The minimum atomic E-state index is 1.13. The second-order valence-electron chi connectivity index (χ2n) is 5.89. The standard InChI is InChI=1S/C19H17.Hf/c1-2-5-14(6-3-1)13-17-12-11-16-10-9-15-7-4-8-18(15)19(16)17;/h1-3,5-6,9-10H,4,7-8,11,13H2;. The Labute approximate surface area is 135 Å². The van der Waals surface area contributed by atoms with Gasteiger partial charge in [0, 0.05) is 0 Å². The van der Waals surface area contributed by atoms with E-state index in [9.17, 15) is 0 Å². The van der Waals surface area contributed by atoms with Crippen molar-refractivity contribution in [3.63, 3.8) is 0 Å². The fourth-order valence-corrected chi connectivity index (χ4v) is 5.13. The van der Waals surface area contributed by atoms with Gasteiger partial charge in [-0.15, -0.1) is 0 Å². The van der Waals surface area contributed by atoms with Crippen molar-refractivity contribution in [2.75, 3.05) is 0 Å². The van der Waals surface area contributed by atoms with Crippen LogP contribution in [0.3, 0.4) is 0 Å². The summed E-state index contributed by atoms with van der Waals surface area (Å²) in [4.78, 5) is 0. The second kappa shape index (κ2) is 5.11. The van der Waals surface area contributed by atoms with E-state index in [0.717, 1.165) is 6.42 Å². The van der Waals surface area contributed by atoms with Crippen LogP contribution in [0.25, 0.3) is 5.57 Å². The van der Waals surface area contributed by atoms with Crippen LogP contribution < -0.4 is 0 Å². The van der Waals surface area contributed by atoms with Crippen molar-refractivity contribution >= 4 is 5.57 Å². The monoisotopic (exact) mass is 425 g/mol. The summed E-state index contributed by atoms with van der Waals surface area (Å²) in [5.74, 6) is 0. The summed E-state index contributed by atoms with van der Waals surface area (Å²) in [6, 6.07) is 15.8. The number of rotatable bonds is 2. The zero-order valence-corrected chi connectivity index (χ0v) is 15.2. The van der Waals surface area contributed by atoms with Gasteiger partial charge in [-0.3, -0.25) is 0 Å². The fourth-order valence-electron chi connectivity index (χ4n) is 3.68. The van der Waals surface area contributed by atoms with Crippen molar-refractivity contribution in [1.82, 2.24) is 0 Å². The molecule has 97 valence electrons. The van der Waals surface area contributed by atoms with Crippen LogP contribution in [0.1, 0.15) is 34.2 Å². The van der Waals surface area contributed by atoms with Crippen LogP contribution in [0.5, 0.6) is 0 Å². The van der Waals surface area contributed by atoms with Crippen molar-refractivity contribution in [2.45, 2.75) is 32.1 Å². The van der Waals surface area contributed by atoms with E-state index in [2.05, 4.69) is 42.5 Å². The number of allylic oxidation sites excluding steroid dienone is 2. The molecule has 0 saturated carbocycles. The topological polar surface area (TPSA) is 0 Å². The molecule has 0 atom stereocenters. The van der Waals surface area contributed by atoms with Gasteiger partial charge in [-0.05, 0) is 0 Å². The van der Waals surface area contributed by atoms with E-state index >= 15 is 0 Å². The molecule has 0 amide bonds. The molecule has 2 aliphatic carbocycles. The first-order chi connectivity index (χ1) is 9.83. The third-order valence-electron chi connectivity index (χ3n) is 4.63. The van der Waals surface area contributed by atoms with Crippen molar-refractivity contribution < 1.29 is 24.4 Å². The molecule has 0 saturated heterocycles. The molecule has 0 nitrogen and oxygen atoms in total. The molecule has 0 heterocycles. The molecule has 0 bridgehead atoms. The van der Waals surface area contributed by atoms with Crippen molar-refractivity contribution in [1.29, 1.82) is 0 Å². The molecule has 0 aromatic heterocycles. The number of fused-ring (bicyclic) bond motifs is 3. The van der Waals surface area contributed by atoms with Gasteiger partial charge in [-0.2, -0.15) is 0 Å². The number of hydrogen-bond acceptors (Lipinski definition) is 0. The van der Waals surface area contributed by atoms with Gasteiger partial charge in [0.15, 0.2) is 0 Å². The molecule has 0 aliphatic heterocycles. The summed E-state index contributed by atoms with van der Waals surface area (Å²) in [6.07, 6.45) is 6.28. The Kier molecular flexibility index (Phi) is 3.26. The van der Waals surface area contributed by atoms with Crippen LogP contribution >= 0.6 is 0 Å². The van der Waals surface area contributed by atoms with Gasteiger partial charge in [0.1, 0.15) is 0 Å². The molecule has 0 unspecified atom stereocenters. The minimum absolute atomic E-state index is 1.13. The first kappa shape index (κ1) is 12.8. The van der Waals surface area contributed by atoms with E-state index in [0.29, 0.717) is 0 Å². The van der Waals surface area contributed by atoms with Gasteiger partial charge >= 0.3 is 136 Å². The van der Waals surface area contributed by atoms with Gasteiger partial charge in [-0.1, -0.05) is 0 Å². The molecule has 20 heavy (non-hydrogen) atoms. The van der Waals surface area contributed by atoms with Crippen LogP contribution in [0, 0.1) is 0 Å². The van der Waals surface area contributed by atoms with Gasteiger partial charge < -0.3 is 0 Å². The van der Waals surface area contributed by atoms with Gasteiger partial charge in [0.25, 0.3) is 0 Å². The average molecular weight is 424 g/mol. The molecule has 0 radical (unpaired) electrons. The second-order valence-corrected chi connectivity index (χ2v) is 8.06. The van der Waals surface area contributed by atoms with Gasteiger partial charge in [0.05, 0.1) is 0 Å². The maximum absolute atomic E-state index is 2.40. The molecule has 2 aromatic carbocycles. The summed E-state index contributed by atoms with van der Waals surface area (Å²) in [5, 5.41) is 0. The quantitative estimate of drug-likeness (QED) is 0.634. The summed E-state index contributed by atoms with van der Waals surface area (Å²) < 4.78 is 1.71. The Morgan fingerprint density at radius 1 is 0.900 bits per heavy atom. The van der Waals surface area contributed by atoms with Crippen LogP contribution in [-0.4, -0.2) is 0 Å². The average Bonchev–Trinajstić information content (AvgIpc) is 3.05. The third kappa shape index (κ3) is 2.07. The van der Waals surface area contributed by atoms with Crippen LogP contribution in [0.4, 0.5) is 0 Å². The first-order valence-electron chi connectivity index (χ1n) is 7.44. The molecule has 0 spiro atoms. The molecular formula is C19H17Hf. The van der Waals surface area contributed by atoms with E-state index in [1.54, 1.807) is 31.2 Å². The van der Waals surface area contributed by atoms with Crippen LogP contribution in [0.2, 0.25) is 0 Å². The zero-order chi connectivity index (χ0) is 13.5. The molecule has 4 rings (SSSR count). The van der Waals surface area contributed by atoms with Crippen molar-refractivity contribution in [3.05, 3.63) is 73.6 Å². The number of benzene rings is 2. The maximum atomic E-state index is 2.40. The molecule has 0 fully saturated rings. The summed E-state index contributed by atoms with van der Waals surface area (Å²) >= 11 is 1.20. The Morgan fingerprint density at radius 3 is 2.55 bits per heavy atom. The molecule has 1 heteroatoms. The van der Waals surface area contributed by atoms with Crippen LogP contribution in [0.15, 0.2) is 45.8 Å². The van der Waals surface area contributed by atoms with Crippen molar-refractivity contribution in [2.24, 2.45) is 0 Å².